The summed E-state index contributed by atoms with van der Waals surface area (Å²) in [6.45, 7) is 5.10. The molecule has 0 unspecified atom stereocenters. The van der Waals surface area contributed by atoms with E-state index in [1.807, 2.05) is 0 Å². The summed E-state index contributed by atoms with van der Waals surface area (Å²) < 4.78 is 23.1. The molecule has 3 N–H and O–H groups in total. The molecule has 222 valence electrons. The van der Waals surface area contributed by atoms with E-state index in [1.165, 1.54) is 13.2 Å². The number of cyclic esters (lactones) is 1. The number of esters is 1. The average Bonchev–Trinajstić information content (AvgIpc) is 2.85. The third-order valence-electron chi connectivity index (χ3n) is 7.36. The molecule has 0 bridgehead atoms. The summed E-state index contributed by atoms with van der Waals surface area (Å²) in [5.74, 6) is -1.96. The molecule has 0 spiro atoms. The van der Waals surface area contributed by atoms with Gasteiger partial charge in [-0.25, -0.2) is 0 Å². The van der Waals surface area contributed by atoms with Gasteiger partial charge in [0.15, 0.2) is 12.1 Å². The van der Waals surface area contributed by atoms with Crippen LogP contribution >= 0.6 is 0 Å². The summed E-state index contributed by atoms with van der Waals surface area (Å²) in [5, 5.41) is 32.8. The molecule has 0 amide bonds. The van der Waals surface area contributed by atoms with E-state index >= 15 is 0 Å². The van der Waals surface area contributed by atoms with Gasteiger partial charge in [-0.1, -0.05) is 25.2 Å². The molecule has 1 fully saturated rings. The first-order valence-corrected chi connectivity index (χ1v) is 13.5. The Morgan fingerprint density at radius 2 is 1.77 bits per heavy atom. The third kappa shape index (κ3) is 9.28. The van der Waals surface area contributed by atoms with Crippen LogP contribution in [0.1, 0.15) is 46.5 Å². The maximum Gasteiger partial charge on any atom is 0.308 e. The number of aliphatic hydroxyl groups excluding tert-OH is 3. The van der Waals surface area contributed by atoms with E-state index < -0.39 is 79.3 Å². The Balaban J connectivity index is 2.49. The molecule has 0 radical (unpaired) electrons. The summed E-state index contributed by atoms with van der Waals surface area (Å²) in [6.07, 6.45) is -0.929. The lowest BCUT2D eigenvalue weighted by Gasteiger charge is -2.46. The third-order valence-corrected chi connectivity index (χ3v) is 7.36. The highest BCUT2D eigenvalue weighted by Gasteiger charge is 2.48. The second kappa shape index (κ2) is 15.7. The van der Waals surface area contributed by atoms with Crippen LogP contribution < -0.4 is 0 Å². The number of carbonyl (C=O) groups is 3. The number of hydrogen-bond acceptors (Lipinski definition) is 11. The zero-order chi connectivity index (χ0) is 29.3. The lowest BCUT2D eigenvalue weighted by molar-refractivity contribution is -0.309. The first-order chi connectivity index (χ1) is 18.4. The molecule has 0 aromatic carbocycles. The number of aliphatic hydroxyl groups is 3. The Bertz CT molecular complexity index is 861. The van der Waals surface area contributed by atoms with Crippen molar-refractivity contribution in [1.82, 2.24) is 4.90 Å². The highest BCUT2D eigenvalue weighted by molar-refractivity contribution is 5.91. The van der Waals surface area contributed by atoms with Gasteiger partial charge in [-0.15, -0.1) is 0 Å². The first kappa shape index (κ1) is 33.2. The van der Waals surface area contributed by atoms with Gasteiger partial charge in [0.1, 0.15) is 24.6 Å². The Morgan fingerprint density at radius 3 is 2.38 bits per heavy atom. The van der Waals surface area contributed by atoms with Crippen LogP contribution in [0.5, 0.6) is 0 Å². The van der Waals surface area contributed by atoms with Crippen molar-refractivity contribution in [2.45, 2.75) is 102 Å². The molecule has 1 saturated heterocycles. The number of allylic oxidation sites excluding steroid dienone is 3. The predicted molar refractivity (Wildman–Crippen MR) is 142 cm³/mol. The lowest BCUT2D eigenvalue weighted by Crippen LogP contribution is -2.63. The van der Waals surface area contributed by atoms with E-state index in [-0.39, 0.29) is 18.6 Å². The Labute approximate surface area is 230 Å². The molecule has 0 aromatic heterocycles. The Kier molecular flexibility index (Phi) is 13.4. The normalized spacial score (nSPS) is 39.5. The van der Waals surface area contributed by atoms with Crippen LogP contribution in [0, 0.1) is 11.8 Å². The van der Waals surface area contributed by atoms with Crippen LogP contribution in [0.15, 0.2) is 24.3 Å². The van der Waals surface area contributed by atoms with E-state index in [4.69, 9.17) is 18.9 Å². The largest absolute Gasteiger partial charge is 0.462 e. The molecule has 0 aliphatic carbocycles. The van der Waals surface area contributed by atoms with Gasteiger partial charge in [0, 0.05) is 25.9 Å². The fourth-order valence-corrected chi connectivity index (χ4v) is 5.19. The Morgan fingerprint density at radius 1 is 1.08 bits per heavy atom. The molecule has 0 saturated carbocycles. The van der Waals surface area contributed by atoms with E-state index in [0.717, 1.165) is 0 Å². The number of methoxy groups -OCH3 is 1. The number of hydrogen-bond donors (Lipinski definition) is 3. The predicted octanol–water partition coefficient (Wildman–Crippen LogP) is 0.783. The van der Waals surface area contributed by atoms with E-state index in [1.54, 1.807) is 58.0 Å². The summed E-state index contributed by atoms with van der Waals surface area (Å²) in [4.78, 5) is 38.8. The minimum absolute atomic E-state index is 0.0436. The van der Waals surface area contributed by atoms with Crippen molar-refractivity contribution < 1.29 is 48.7 Å². The fourth-order valence-electron chi connectivity index (χ4n) is 5.19. The SMILES string of the molecule is CO[C@@H]1[C@@H](O[C@@H]2O[C@H](C)[C@@H](O)[C@H](N(C)C)[C@H]2O)[C@@H](CC=O)C[C@@H](C)C(=O)C=CC=CC[C@@H](C)OC(=O)C[C@H]1O. The number of carbonyl (C=O) groups excluding carboxylic acids is 3. The van der Waals surface area contributed by atoms with E-state index in [0.29, 0.717) is 12.7 Å². The van der Waals surface area contributed by atoms with Gasteiger partial charge in [0.05, 0.1) is 36.9 Å². The molecule has 11 atom stereocenters. The van der Waals surface area contributed by atoms with Crippen molar-refractivity contribution in [2.75, 3.05) is 21.2 Å². The lowest BCUT2D eigenvalue weighted by atomic mass is 9.83. The van der Waals surface area contributed by atoms with Gasteiger partial charge in [-0.05, 0) is 46.4 Å². The molecule has 2 aliphatic rings. The van der Waals surface area contributed by atoms with E-state index in [2.05, 4.69) is 0 Å². The van der Waals surface area contributed by atoms with Gasteiger partial charge in [-0.2, -0.15) is 0 Å². The molecule has 2 aliphatic heterocycles. The Hall–Kier alpha value is -1.99. The van der Waals surface area contributed by atoms with Gasteiger partial charge < -0.3 is 44.0 Å². The van der Waals surface area contributed by atoms with Crippen molar-refractivity contribution in [2.24, 2.45) is 11.8 Å². The fraction of sp³-hybridized carbons (Fsp3) is 0.750. The summed E-state index contributed by atoms with van der Waals surface area (Å²) in [7, 11) is 4.75. The van der Waals surface area contributed by atoms with Crippen molar-refractivity contribution in [3.05, 3.63) is 24.3 Å². The summed E-state index contributed by atoms with van der Waals surface area (Å²) >= 11 is 0. The van der Waals surface area contributed by atoms with Gasteiger partial charge in [0.25, 0.3) is 0 Å². The molecular weight excluding hydrogens is 510 g/mol. The standard InChI is InChI=1S/C28H45NO10/c1-16-14-19(12-13-30)26(39-28-25(35)23(29(4)5)24(34)18(3)38-28)27(36-6)21(32)15-22(33)37-17(2)10-8-7-9-11-20(16)31/h7-9,11,13,16-19,21,23-28,32,34-35H,10,12,14-15H2,1-6H3/t16-,17-,18-,19+,21-,23+,24-,25-,26+,27+,28+/m1/s1. The highest BCUT2D eigenvalue weighted by Crippen LogP contribution is 2.32. The molecule has 11 nitrogen and oxygen atoms in total. The number of ether oxygens (including phenoxy) is 4. The smallest absolute Gasteiger partial charge is 0.308 e. The zero-order valence-electron chi connectivity index (χ0n) is 23.7. The van der Waals surface area contributed by atoms with Crippen molar-refractivity contribution >= 4 is 18.0 Å². The molecular formula is C28H45NO10. The average molecular weight is 556 g/mol. The summed E-state index contributed by atoms with van der Waals surface area (Å²) in [5.41, 5.74) is 0. The second-order valence-corrected chi connectivity index (χ2v) is 10.7. The number of aldehydes is 1. The van der Waals surface area contributed by atoms with Crippen LogP contribution in [0.3, 0.4) is 0 Å². The number of ketones is 1. The monoisotopic (exact) mass is 555 g/mol. The molecule has 0 aromatic rings. The highest BCUT2D eigenvalue weighted by atomic mass is 16.7. The summed E-state index contributed by atoms with van der Waals surface area (Å²) in [6, 6.07) is -0.726. The number of nitrogens with zero attached hydrogens (tertiary/aromatic N) is 1. The molecule has 2 heterocycles. The van der Waals surface area contributed by atoms with Crippen molar-refractivity contribution in [1.29, 1.82) is 0 Å². The van der Waals surface area contributed by atoms with Crippen LogP contribution in [0.25, 0.3) is 0 Å². The van der Waals surface area contributed by atoms with Gasteiger partial charge in [0.2, 0.25) is 0 Å². The number of rotatable bonds is 6. The van der Waals surface area contributed by atoms with Gasteiger partial charge in [-0.3, -0.25) is 9.59 Å². The van der Waals surface area contributed by atoms with Crippen LogP contribution in [-0.2, 0) is 33.3 Å². The van der Waals surface area contributed by atoms with Crippen molar-refractivity contribution in [3.63, 3.8) is 0 Å². The second-order valence-electron chi connectivity index (χ2n) is 10.7. The maximum atomic E-state index is 12.8. The minimum Gasteiger partial charge on any atom is -0.462 e. The van der Waals surface area contributed by atoms with Crippen LogP contribution in [-0.4, -0.2) is 115 Å². The van der Waals surface area contributed by atoms with Crippen LogP contribution in [0.4, 0.5) is 0 Å². The maximum absolute atomic E-state index is 12.8. The van der Waals surface area contributed by atoms with Crippen molar-refractivity contribution in [3.8, 4) is 0 Å². The molecule has 39 heavy (non-hydrogen) atoms. The molecule has 2 rings (SSSR count). The molecule has 11 heteroatoms. The zero-order valence-corrected chi connectivity index (χ0v) is 23.7. The number of likely N-dealkylation sites (N-methyl/N-ethyl adjacent to an activating group) is 1. The first-order valence-electron chi connectivity index (χ1n) is 13.5. The van der Waals surface area contributed by atoms with Gasteiger partial charge >= 0.3 is 5.97 Å². The van der Waals surface area contributed by atoms with Crippen LogP contribution in [0.2, 0.25) is 0 Å². The topological polar surface area (TPSA) is 152 Å². The minimum atomic E-state index is -1.39. The quantitative estimate of drug-likeness (QED) is 0.315. The van der Waals surface area contributed by atoms with E-state index in [9.17, 15) is 29.7 Å².